The summed E-state index contributed by atoms with van der Waals surface area (Å²) >= 11 is 0. The molecule has 4 aromatic rings. The fraction of sp³-hybridized carbons (Fsp3) is 0.312. The summed E-state index contributed by atoms with van der Waals surface area (Å²) in [6.07, 6.45) is 1.16. The fourth-order valence-electron chi connectivity index (χ4n) is 5.44. The third-order valence-corrected chi connectivity index (χ3v) is 9.40. The highest BCUT2D eigenvalue weighted by molar-refractivity contribution is 7.89. The Kier molecular flexibility index (Phi) is 8.75. The maximum Gasteiger partial charge on any atom is 0.416 e. The molecule has 1 aliphatic rings. The first-order valence-electron chi connectivity index (χ1n) is 14.1. The van der Waals surface area contributed by atoms with Crippen LogP contribution in [0, 0.1) is 0 Å². The zero-order chi connectivity index (χ0) is 30.8. The standard InChI is InChI=1S/C32H33F3N4O3S/c1-22(23-7-4-3-5-8-23)19-31(40)39(21-30-36-17-18-38(30)2)26-14-11-24-9-6-10-29(28(24)20-26)37-43(41,42)27-15-12-25(13-16-27)32(33,34)35/h3-5,7-8,11-18,20,22,29,37H,6,9-10,19,21H2,1-2H3/t22-,29+/m0/s1. The van der Waals surface area contributed by atoms with Gasteiger partial charge in [-0.1, -0.05) is 43.3 Å². The van der Waals surface area contributed by atoms with Crippen molar-refractivity contribution in [2.45, 2.75) is 62.2 Å². The van der Waals surface area contributed by atoms with Gasteiger partial charge in [0.15, 0.2) is 0 Å². The molecule has 2 atom stereocenters. The number of sulfonamides is 1. The number of carbonyl (C=O) groups excluding carboxylic acids is 1. The van der Waals surface area contributed by atoms with Crippen molar-refractivity contribution in [2.24, 2.45) is 7.05 Å². The molecular weight excluding hydrogens is 577 g/mol. The lowest BCUT2D eigenvalue weighted by atomic mass is 9.87. The molecule has 1 N–H and O–H groups in total. The second kappa shape index (κ2) is 12.3. The van der Waals surface area contributed by atoms with Crippen molar-refractivity contribution in [1.29, 1.82) is 0 Å². The minimum Gasteiger partial charge on any atom is -0.337 e. The molecule has 3 aromatic carbocycles. The molecule has 0 saturated heterocycles. The smallest absolute Gasteiger partial charge is 0.337 e. The summed E-state index contributed by atoms with van der Waals surface area (Å²) in [5.74, 6) is 0.563. The second-order valence-corrected chi connectivity index (χ2v) is 12.6. The number of nitrogens with zero attached hydrogens (tertiary/aromatic N) is 3. The van der Waals surface area contributed by atoms with Gasteiger partial charge in [0.25, 0.3) is 0 Å². The molecular formula is C32H33F3N4O3S. The van der Waals surface area contributed by atoms with E-state index >= 15 is 0 Å². The molecule has 0 saturated carbocycles. The largest absolute Gasteiger partial charge is 0.416 e. The Morgan fingerprint density at radius 1 is 1.09 bits per heavy atom. The van der Waals surface area contributed by atoms with Gasteiger partial charge in [-0.2, -0.15) is 13.2 Å². The van der Waals surface area contributed by atoms with Crippen LogP contribution in [0.15, 0.2) is 90.1 Å². The number of imidazole rings is 1. The average Bonchev–Trinajstić information content (AvgIpc) is 3.39. The molecule has 5 rings (SSSR count). The number of hydrogen-bond donors (Lipinski definition) is 1. The summed E-state index contributed by atoms with van der Waals surface area (Å²) in [5.41, 5.74) is 2.45. The minimum atomic E-state index is -4.56. The van der Waals surface area contributed by atoms with Crippen molar-refractivity contribution < 1.29 is 26.4 Å². The second-order valence-electron chi connectivity index (χ2n) is 10.9. The number of carbonyl (C=O) groups is 1. The maximum atomic E-state index is 13.8. The van der Waals surface area contributed by atoms with Crippen LogP contribution < -0.4 is 9.62 Å². The normalized spacial score (nSPS) is 16.0. The number of alkyl halides is 3. The van der Waals surface area contributed by atoms with Crippen LogP contribution in [0.1, 0.15) is 66.2 Å². The molecule has 0 radical (unpaired) electrons. The average molecular weight is 611 g/mol. The van der Waals surface area contributed by atoms with Crippen LogP contribution in [0.2, 0.25) is 0 Å². The molecule has 1 aromatic heterocycles. The molecule has 7 nitrogen and oxygen atoms in total. The Hall–Kier alpha value is -3.96. The number of hydrogen-bond acceptors (Lipinski definition) is 4. The van der Waals surface area contributed by atoms with Gasteiger partial charge < -0.3 is 9.47 Å². The Morgan fingerprint density at radius 3 is 2.47 bits per heavy atom. The van der Waals surface area contributed by atoms with Crippen molar-refractivity contribution in [3.63, 3.8) is 0 Å². The Morgan fingerprint density at radius 2 is 1.81 bits per heavy atom. The first-order chi connectivity index (χ1) is 20.4. The summed E-state index contributed by atoms with van der Waals surface area (Å²) in [5, 5.41) is 0. The van der Waals surface area contributed by atoms with Crippen LogP contribution >= 0.6 is 0 Å². The molecule has 0 fully saturated rings. The predicted molar refractivity (Wildman–Crippen MR) is 158 cm³/mol. The summed E-state index contributed by atoms with van der Waals surface area (Å²) in [4.78, 5) is 19.7. The molecule has 0 unspecified atom stereocenters. The number of benzene rings is 3. The van der Waals surface area contributed by atoms with Crippen LogP contribution in [-0.2, 0) is 41.0 Å². The van der Waals surface area contributed by atoms with Gasteiger partial charge in [-0.25, -0.2) is 18.1 Å². The quantitative estimate of drug-likeness (QED) is 0.234. The Balaban J connectivity index is 1.44. The van der Waals surface area contributed by atoms with Crippen LogP contribution in [0.4, 0.5) is 18.9 Å². The summed E-state index contributed by atoms with van der Waals surface area (Å²) in [6.45, 7) is 2.23. The Bertz CT molecular complexity index is 1690. The van der Waals surface area contributed by atoms with Crippen molar-refractivity contribution in [1.82, 2.24) is 14.3 Å². The molecule has 0 spiro atoms. The maximum absolute atomic E-state index is 13.8. The van der Waals surface area contributed by atoms with Crippen LogP contribution in [0.5, 0.6) is 0 Å². The third kappa shape index (κ3) is 7.00. The molecule has 1 aliphatic carbocycles. The molecule has 43 heavy (non-hydrogen) atoms. The first-order valence-corrected chi connectivity index (χ1v) is 15.5. The first kappa shape index (κ1) is 30.5. The van der Waals surface area contributed by atoms with Crippen molar-refractivity contribution in [3.05, 3.63) is 113 Å². The lowest BCUT2D eigenvalue weighted by Gasteiger charge is -2.30. The number of rotatable bonds is 9. The van der Waals surface area contributed by atoms with Crippen molar-refractivity contribution in [3.8, 4) is 0 Å². The van der Waals surface area contributed by atoms with Crippen LogP contribution in [0.25, 0.3) is 0 Å². The van der Waals surface area contributed by atoms with Gasteiger partial charge in [0, 0.05) is 37.6 Å². The van der Waals surface area contributed by atoms with Gasteiger partial charge in [0.1, 0.15) is 5.82 Å². The van der Waals surface area contributed by atoms with Gasteiger partial charge in [-0.15, -0.1) is 0 Å². The molecule has 1 heterocycles. The van der Waals surface area contributed by atoms with E-state index in [2.05, 4.69) is 9.71 Å². The summed E-state index contributed by atoms with van der Waals surface area (Å²) in [6, 6.07) is 18.3. The summed E-state index contributed by atoms with van der Waals surface area (Å²) in [7, 11) is -2.26. The SMILES string of the molecule is C[C@@H](CC(=O)N(Cc1nccn1C)c1ccc2c(c1)[C@H](NS(=O)(=O)c1ccc(C(F)(F)F)cc1)CCC2)c1ccccc1. The van der Waals surface area contributed by atoms with E-state index in [0.717, 1.165) is 53.8 Å². The van der Waals surface area contributed by atoms with Crippen LogP contribution in [-0.4, -0.2) is 23.9 Å². The third-order valence-electron chi connectivity index (χ3n) is 7.92. The number of anilines is 1. The van der Waals surface area contributed by atoms with E-state index < -0.39 is 27.8 Å². The van der Waals surface area contributed by atoms with E-state index in [-0.39, 0.29) is 29.7 Å². The van der Waals surface area contributed by atoms with E-state index in [9.17, 15) is 26.4 Å². The highest BCUT2D eigenvalue weighted by Crippen LogP contribution is 2.35. The number of nitrogens with one attached hydrogen (secondary N) is 1. The monoisotopic (exact) mass is 610 g/mol. The van der Waals surface area contributed by atoms with Gasteiger partial charge >= 0.3 is 6.18 Å². The molecule has 0 bridgehead atoms. The Labute approximate surface area is 249 Å². The fourth-order valence-corrected chi connectivity index (χ4v) is 6.69. The number of aryl methyl sites for hydroxylation is 2. The number of amides is 1. The van der Waals surface area contributed by atoms with E-state index in [1.54, 1.807) is 11.1 Å². The molecule has 11 heteroatoms. The zero-order valence-electron chi connectivity index (χ0n) is 23.9. The van der Waals surface area contributed by atoms with Crippen molar-refractivity contribution >= 4 is 21.6 Å². The summed E-state index contributed by atoms with van der Waals surface area (Å²) < 4.78 is 70.1. The van der Waals surface area contributed by atoms with E-state index in [4.69, 9.17) is 0 Å². The van der Waals surface area contributed by atoms with E-state index in [1.807, 2.05) is 73.3 Å². The number of aromatic nitrogens is 2. The minimum absolute atomic E-state index is 0.0292. The lowest BCUT2D eigenvalue weighted by molar-refractivity contribution is -0.137. The molecule has 0 aliphatic heterocycles. The van der Waals surface area contributed by atoms with E-state index in [0.29, 0.717) is 17.9 Å². The van der Waals surface area contributed by atoms with Gasteiger partial charge in [0.2, 0.25) is 15.9 Å². The number of fused-ring (bicyclic) bond motifs is 1. The lowest BCUT2D eigenvalue weighted by Crippen LogP contribution is -2.34. The van der Waals surface area contributed by atoms with E-state index in [1.165, 1.54) is 0 Å². The number of halogens is 3. The topological polar surface area (TPSA) is 84.3 Å². The zero-order valence-corrected chi connectivity index (χ0v) is 24.7. The van der Waals surface area contributed by atoms with Crippen LogP contribution in [0.3, 0.4) is 0 Å². The highest BCUT2D eigenvalue weighted by atomic mass is 32.2. The molecule has 1 amide bonds. The van der Waals surface area contributed by atoms with Gasteiger partial charge in [-0.05, 0) is 78.3 Å². The molecule has 226 valence electrons. The van der Waals surface area contributed by atoms with Crippen molar-refractivity contribution in [2.75, 3.05) is 4.90 Å². The highest BCUT2D eigenvalue weighted by Gasteiger charge is 2.32. The predicted octanol–water partition coefficient (Wildman–Crippen LogP) is 6.52. The van der Waals surface area contributed by atoms with Gasteiger partial charge in [0.05, 0.1) is 17.0 Å². The van der Waals surface area contributed by atoms with Gasteiger partial charge in [-0.3, -0.25) is 4.79 Å².